The Morgan fingerprint density at radius 2 is 2.09 bits per heavy atom. The van der Waals surface area contributed by atoms with E-state index >= 15 is 0 Å². The van der Waals surface area contributed by atoms with Gasteiger partial charge in [0.1, 0.15) is 0 Å². The van der Waals surface area contributed by atoms with E-state index in [4.69, 9.17) is 11.6 Å². The lowest BCUT2D eigenvalue weighted by atomic mass is 10.2. The van der Waals surface area contributed by atoms with Crippen LogP contribution >= 0.6 is 34.7 Å². The fraction of sp³-hybridized carbons (Fsp3) is 0.133. The van der Waals surface area contributed by atoms with Gasteiger partial charge in [-0.3, -0.25) is 0 Å². The van der Waals surface area contributed by atoms with Crippen LogP contribution in [0.2, 0.25) is 5.15 Å². The number of carbonyl (C=O) groups is 1. The molecular weight excluding hydrogens is 354 g/mol. The monoisotopic (exact) mass is 365 g/mol. The molecule has 0 unspecified atom stereocenters. The van der Waals surface area contributed by atoms with Gasteiger partial charge in [-0.1, -0.05) is 53.3 Å². The minimum absolute atomic E-state index is 0.154. The zero-order valence-electron chi connectivity index (χ0n) is 12.3. The predicted octanol–water partition coefficient (Wildman–Crippen LogP) is 4.13. The quantitative estimate of drug-likeness (QED) is 0.650. The standard InChI is InChI=1S/C15H12ClN3O2S2/c1-19-10(9-6-4-3-5-7-9)8-17-14(19)23-15-18-12(16)11(22-15)13(20)21-2/h3-8H,1-2H3. The number of rotatable bonds is 4. The Labute approximate surface area is 146 Å². The van der Waals surface area contributed by atoms with Gasteiger partial charge in [-0.05, 0) is 17.3 Å². The Morgan fingerprint density at radius 3 is 2.78 bits per heavy atom. The number of nitrogens with zero attached hydrogens (tertiary/aromatic N) is 3. The largest absolute Gasteiger partial charge is 0.465 e. The van der Waals surface area contributed by atoms with Crippen molar-refractivity contribution in [2.75, 3.05) is 7.11 Å². The lowest BCUT2D eigenvalue weighted by molar-refractivity contribution is 0.0606. The third-order valence-electron chi connectivity index (χ3n) is 3.13. The first-order chi connectivity index (χ1) is 11.1. The normalized spacial score (nSPS) is 10.7. The summed E-state index contributed by atoms with van der Waals surface area (Å²) in [7, 11) is 3.25. The van der Waals surface area contributed by atoms with Gasteiger partial charge < -0.3 is 9.30 Å². The summed E-state index contributed by atoms with van der Waals surface area (Å²) in [5, 5.41) is 0.924. The van der Waals surface area contributed by atoms with Crippen LogP contribution < -0.4 is 0 Å². The maximum atomic E-state index is 11.6. The van der Waals surface area contributed by atoms with Crippen molar-refractivity contribution in [3.05, 3.63) is 46.6 Å². The Kier molecular flexibility index (Phi) is 4.70. The topological polar surface area (TPSA) is 57.0 Å². The number of ether oxygens (including phenoxy) is 1. The van der Waals surface area contributed by atoms with Crippen LogP contribution in [0.3, 0.4) is 0 Å². The van der Waals surface area contributed by atoms with Crippen LogP contribution in [0.25, 0.3) is 11.3 Å². The van der Waals surface area contributed by atoms with Crippen LogP contribution in [0.1, 0.15) is 9.67 Å². The molecule has 0 spiro atoms. The fourth-order valence-corrected chi connectivity index (χ4v) is 4.25. The Balaban J connectivity index is 1.87. The molecule has 3 aromatic rings. The summed E-state index contributed by atoms with van der Waals surface area (Å²) < 4.78 is 7.30. The Morgan fingerprint density at radius 1 is 1.35 bits per heavy atom. The molecule has 118 valence electrons. The van der Waals surface area contributed by atoms with Crippen molar-refractivity contribution < 1.29 is 9.53 Å². The van der Waals surface area contributed by atoms with Gasteiger partial charge >= 0.3 is 5.97 Å². The number of benzene rings is 1. The Bertz CT molecular complexity index is 846. The first-order valence-electron chi connectivity index (χ1n) is 6.59. The summed E-state index contributed by atoms with van der Waals surface area (Å²) in [5.74, 6) is -0.482. The minimum atomic E-state index is -0.482. The molecule has 3 rings (SSSR count). The second-order valence-electron chi connectivity index (χ2n) is 4.54. The summed E-state index contributed by atoms with van der Waals surface area (Å²) >= 11 is 8.54. The van der Waals surface area contributed by atoms with E-state index in [-0.39, 0.29) is 5.15 Å². The molecule has 0 bridgehead atoms. The van der Waals surface area contributed by atoms with Crippen molar-refractivity contribution in [3.8, 4) is 11.3 Å². The molecule has 23 heavy (non-hydrogen) atoms. The van der Waals surface area contributed by atoms with E-state index in [0.717, 1.165) is 16.4 Å². The van der Waals surface area contributed by atoms with E-state index in [9.17, 15) is 4.79 Å². The number of hydrogen-bond donors (Lipinski definition) is 0. The molecule has 0 aliphatic heterocycles. The number of thiazole rings is 1. The van der Waals surface area contributed by atoms with Crippen molar-refractivity contribution in [2.24, 2.45) is 7.05 Å². The van der Waals surface area contributed by atoms with E-state index in [2.05, 4.69) is 14.7 Å². The maximum absolute atomic E-state index is 11.6. The third kappa shape index (κ3) is 3.26. The molecule has 0 saturated heterocycles. The number of carbonyl (C=O) groups excluding carboxylic acids is 1. The first-order valence-corrected chi connectivity index (χ1v) is 8.61. The van der Waals surface area contributed by atoms with E-state index in [1.54, 1.807) is 0 Å². The van der Waals surface area contributed by atoms with Crippen LogP contribution in [0, 0.1) is 0 Å². The maximum Gasteiger partial charge on any atom is 0.351 e. The third-order valence-corrected chi connectivity index (χ3v) is 5.67. The van der Waals surface area contributed by atoms with Crippen molar-refractivity contribution in [1.29, 1.82) is 0 Å². The highest BCUT2D eigenvalue weighted by Gasteiger charge is 2.19. The molecule has 0 amide bonds. The molecule has 2 heterocycles. The van der Waals surface area contributed by atoms with Gasteiger partial charge in [0, 0.05) is 7.05 Å². The van der Waals surface area contributed by atoms with Crippen LogP contribution in [-0.2, 0) is 11.8 Å². The van der Waals surface area contributed by atoms with Gasteiger partial charge in [0.2, 0.25) is 0 Å². The molecule has 0 saturated carbocycles. The highest BCUT2D eigenvalue weighted by molar-refractivity contribution is 8.00. The van der Waals surface area contributed by atoms with Crippen LogP contribution in [0.4, 0.5) is 0 Å². The van der Waals surface area contributed by atoms with Gasteiger partial charge in [0.25, 0.3) is 0 Å². The van der Waals surface area contributed by atoms with E-state index in [0.29, 0.717) is 9.22 Å². The zero-order chi connectivity index (χ0) is 16.4. The van der Waals surface area contributed by atoms with E-state index < -0.39 is 5.97 Å². The molecule has 0 fully saturated rings. The highest BCUT2D eigenvalue weighted by Crippen LogP contribution is 2.35. The van der Waals surface area contributed by atoms with Crippen molar-refractivity contribution in [1.82, 2.24) is 14.5 Å². The molecular formula is C15H12ClN3O2S2. The smallest absolute Gasteiger partial charge is 0.351 e. The summed E-state index contributed by atoms with van der Waals surface area (Å²) in [6.45, 7) is 0. The van der Waals surface area contributed by atoms with Crippen molar-refractivity contribution >= 4 is 40.7 Å². The van der Waals surface area contributed by atoms with E-state index in [1.165, 1.54) is 30.2 Å². The van der Waals surface area contributed by atoms with Gasteiger partial charge in [-0.2, -0.15) is 0 Å². The molecule has 2 aromatic heterocycles. The summed E-state index contributed by atoms with van der Waals surface area (Å²) in [6, 6.07) is 10.0. The number of imidazole rings is 1. The predicted molar refractivity (Wildman–Crippen MR) is 91.2 cm³/mol. The highest BCUT2D eigenvalue weighted by atomic mass is 35.5. The Hall–Kier alpha value is -1.83. The van der Waals surface area contributed by atoms with Crippen molar-refractivity contribution in [3.63, 3.8) is 0 Å². The number of methoxy groups -OCH3 is 1. The second kappa shape index (κ2) is 6.74. The van der Waals surface area contributed by atoms with Gasteiger partial charge in [-0.15, -0.1) is 0 Å². The fourth-order valence-electron chi connectivity index (χ4n) is 1.99. The lowest BCUT2D eigenvalue weighted by Crippen LogP contribution is -1.98. The van der Waals surface area contributed by atoms with Crippen LogP contribution in [-0.4, -0.2) is 27.6 Å². The minimum Gasteiger partial charge on any atom is -0.465 e. The van der Waals surface area contributed by atoms with Crippen molar-refractivity contribution in [2.45, 2.75) is 9.50 Å². The van der Waals surface area contributed by atoms with Crippen LogP contribution in [0.15, 0.2) is 46.0 Å². The molecule has 0 N–H and O–H groups in total. The number of halogens is 1. The van der Waals surface area contributed by atoms with Crippen LogP contribution in [0.5, 0.6) is 0 Å². The molecule has 0 aliphatic carbocycles. The van der Waals surface area contributed by atoms with E-state index in [1.807, 2.05) is 48.1 Å². The molecule has 0 aliphatic rings. The number of hydrogen-bond acceptors (Lipinski definition) is 6. The summed E-state index contributed by atoms with van der Waals surface area (Å²) in [6.07, 6.45) is 1.81. The molecule has 5 nitrogen and oxygen atoms in total. The lowest BCUT2D eigenvalue weighted by Gasteiger charge is -2.04. The SMILES string of the molecule is COC(=O)c1sc(Sc2ncc(-c3ccccc3)n2C)nc1Cl. The molecule has 1 aromatic carbocycles. The summed E-state index contributed by atoms with van der Waals surface area (Å²) in [5.41, 5.74) is 2.09. The number of aromatic nitrogens is 3. The molecule has 0 atom stereocenters. The molecule has 0 radical (unpaired) electrons. The van der Waals surface area contributed by atoms with Gasteiger partial charge in [0.15, 0.2) is 19.5 Å². The second-order valence-corrected chi connectivity index (χ2v) is 7.12. The summed E-state index contributed by atoms with van der Waals surface area (Å²) in [4.78, 5) is 20.5. The average molecular weight is 366 g/mol. The zero-order valence-corrected chi connectivity index (χ0v) is 14.7. The first kappa shape index (κ1) is 16.0. The molecule has 8 heteroatoms. The average Bonchev–Trinajstić information content (AvgIpc) is 3.11. The van der Waals surface area contributed by atoms with Gasteiger partial charge in [-0.25, -0.2) is 14.8 Å². The number of esters is 1. The van der Waals surface area contributed by atoms with Gasteiger partial charge in [0.05, 0.1) is 19.0 Å².